The van der Waals surface area contributed by atoms with Gasteiger partial charge in [-0.1, -0.05) is 97.1 Å². The first kappa shape index (κ1) is 30.7. The molecule has 0 aliphatic carbocycles. The number of anilines is 3. The van der Waals surface area contributed by atoms with Gasteiger partial charge in [0.05, 0.1) is 0 Å². The number of benzene rings is 8. The average molecular weight is 711 g/mol. The van der Waals surface area contributed by atoms with Gasteiger partial charge >= 0.3 is 0 Å². The Morgan fingerprint density at radius 1 is 0.370 bits per heavy atom. The standard InChI is InChI=1S/C49H30N2O2S/c1-3-9-31(10-4-1)32-15-20-36(21-16-32)51(38-24-26-48-42(28-38)40-13-7-8-14-47(40)54-48)37-22-17-33(18-23-37)35-19-25-39-41-29-46-43(30-45(41)52-44(39)27-35)50-49(53-46)34-11-5-2-6-12-34/h1-30H. The lowest BCUT2D eigenvalue weighted by Crippen LogP contribution is -2.09. The summed E-state index contributed by atoms with van der Waals surface area (Å²) in [4.78, 5) is 7.09. The molecule has 5 heteroatoms. The Kier molecular flexibility index (Phi) is 7.00. The molecule has 0 saturated heterocycles. The minimum atomic E-state index is 0.608. The summed E-state index contributed by atoms with van der Waals surface area (Å²) in [6, 6.07) is 64.1. The van der Waals surface area contributed by atoms with E-state index in [0.717, 1.165) is 66.8 Å². The van der Waals surface area contributed by atoms with Crippen LogP contribution in [0.25, 0.3) is 86.9 Å². The molecule has 3 aromatic heterocycles. The van der Waals surface area contributed by atoms with Gasteiger partial charge in [0.1, 0.15) is 16.7 Å². The summed E-state index contributed by atoms with van der Waals surface area (Å²) in [5.74, 6) is 0.608. The van der Waals surface area contributed by atoms with Crippen molar-refractivity contribution in [2.24, 2.45) is 0 Å². The van der Waals surface area contributed by atoms with Crippen molar-refractivity contribution in [2.45, 2.75) is 0 Å². The van der Waals surface area contributed by atoms with Crippen LogP contribution in [0.3, 0.4) is 0 Å². The molecular formula is C49H30N2O2S. The molecule has 3 heterocycles. The molecular weight excluding hydrogens is 681 g/mol. The Bertz CT molecular complexity index is 3140. The normalized spacial score (nSPS) is 11.7. The van der Waals surface area contributed by atoms with Gasteiger partial charge in [0.15, 0.2) is 5.58 Å². The molecule has 0 radical (unpaired) electrons. The summed E-state index contributed by atoms with van der Waals surface area (Å²) in [6.07, 6.45) is 0. The van der Waals surface area contributed by atoms with E-state index < -0.39 is 0 Å². The topological polar surface area (TPSA) is 42.4 Å². The van der Waals surface area contributed by atoms with Crippen LogP contribution in [-0.2, 0) is 0 Å². The van der Waals surface area contributed by atoms with Gasteiger partial charge in [-0.25, -0.2) is 4.98 Å². The van der Waals surface area contributed by atoms with E-state index in [2.05, 4.69) is 144 Å². The minimum Gasteiger partial charge on any atom is -0.456 e. The Morgan fingerprint density at radius 3 is 1.72 bits per heavy atom. The van der Waals surface area contributed by atoms with Gasteiger partial charge in [0.25, 0.3) is 0 Å². The van der Waals surface area contributed by atoms with E-state index in [1.54, 1.807) is 0 Å². The molecule has 54 heavy (non-hydrogen) atoms. The van der Waals surface area contributed by atoms with Gasteiger partial charge < -0.3 is 13.7 Å². The Labute approximate surface area is 314 Å². The summed E-state index contributed by atoms with van der Waals surface area (Å²) in [6.45, 7) is 0. The van der Waals surface area contributed by atoms with E-state index >= 15 is 0 Å². The first-order valence-corrected chi connectivity index (χ1v) is 18.8. The molecule has 11 aromatic rings. The van der Waals surface area contributed by atoms with Crippen LogP contribution in [0.2, 0.25) is 0 Å². The fourth-order valence-electron chi connectivity index (χ4n) is 7.62. The lowest BCUT2D eigenvalue weighted by Gasteiger charge is -2.26. The molecule has 11 rings (SSSR count). The number of hydrogen-bond donors (Lipinski definition) is 0. The maximum atomic E-state index is 6.43. The van der Waals surface area contributed by atoms with E-state index in [4.69, 9.17) is 13.8 Å². The molecule has 0 saturated carbocycles. The van der Waals surface area contributed by atoms with Crippen molar-refractivity contribution in [1.82, 2.24) is 4.98 Å². The van der Waals surface area contributed by atoms with E-state index in [0.29, 0.717) is 5.89 Å². The molecule has 0 amide bonds. The highest BCUT2D eigenvalue weighted by Gasteiger charge is 2.17. The van der Waals surface area contributed by atoms with Gasteiger partial charge in [0.2, 0.25) is 5.89 Å². The van der Waals surface area contributed by atoms with Crippen LogP contribution in [0.4, 0.5) is 17.1 Å². The molecule has 254 valence electrons. The number of oxazole rings is 1. The zero-order chi connectivity index (χ0) is 35.6. The number of rotatable bonds is 6. The van der Waals surface area contributed by atoms with Gasteiger partial charge in [0, 0.05) is 59.6 Å². The lowest BCUT2D eigenvalue weighted by atomic mass is 10.0. The van der Waals surface area contributed by atoms with Crippen molar-refractivity contribution < 1.29 is 8.83 Å². The van der Waals surface area contributed by atoms with Crippen LogP contribution in [-0.4, -0.2) is 4.98 Å². The van der Waals surface area contributed by atoms with Crippen molar-refractivity contribution in [3.63, 3.8) is 0 Å². The molecule has 8 aromatic carbocycles. The Hall–Kier alpha value is -6.95. The molecule has 0 aliphatic heterocycles. The first-order valence-electron chi connectivity index (χ1n) is 18.0. The van der Waals surface area contributed by atoms with Crippen LogP contribution in [0.5, 0.6) is 0 Å². The molecule has 0 spiro atoms. The molecule has 0 bridgehead atoms. The summed E-state index contributed by atoms with van der Waals surface area (Å²) in [5, 5.41) is 4.62. The second-order valence-electron chi connectivity index (χ2n) is 13.6. The highest BCUT2D eigenvalue weighted by Crippen LogP contribution is 2.42. The van der Waals surface area contributed by atoms with E-state index in [9.17, 15) is 0 Å². The van der Waals surface area contributed by atoms with E-state index in [1.807, 2.05) is 53.8 Å². The van der Waals surface area contributed by atoms with Crippen LogP contribution in [0.1, 0.15) is 0 Å². The van der Waals surface area contributed by atoms with Gasteiger partial charge in [-0.05, 0) is 101 Å². The summed E-state index contributed by atoms with van der Waals surface area (Å²) >= 11 is 1.84. The molecule has 0 N–H and O–H groups in total. The predicted octanol–water partition coefficient (Wildman–Crippen LogP) is 14.6. The number of fused-ring (bicyclic) bond motifs is 7. The van der Waals surface area contributed by atoms with Crippen LogP contribution in [0, 0.1) is 0 Å². The average Bonchev–Trinajstić information content (AvgIpc) is 3.93. The molecule has 0 aliphatic rings. The van der Waals surface area contributed by atoms with Crippen molar-refractivity contribution in [3.8, 4) is 33.7 Å². The van der Waals surface area contributed by atoms with Crippen molar-refractivity contribution in [2.75, 3.05) is 4.90 Å². The fraction of sp³-hybridized carbons (Fsp3) is 0. The van der Waals surface area contributed by atoms with Gasteiger partial charge in [-0.15, -0.1) is 11.3 Å². The number of hydrogen-bond acceptors (Lipinski definition) is 5. The van der Waals surface area contributed by atoms with Crippen LogP contribution >= 0.6 is 11.3 Å². The van der Waals surface area contributed by atoms with Gasteiger partial charge in [-0.2, -0.15) is 0 Å². The highest BCUT2D eigenvalue weighted by molar-refractivity contribution is 7.25. The van der Waals surface area contributed by atoms with E-state index in [-0.39, 0.29) is 0 Å². The fourth-order valence-corrected chi connectivity index (χ4v) is 8.70. The Morgan fingerprint density at radius 2 is 0.963 bits per heavy atom. The summed E-state index contributed by atoms with van der Waals surface area (Å²) in [7, 11) is 0. The smallest absolute Gasteiger partial charge is 0.227 e. The van der Waals surface area contributed by atoms with Gasteiger partial charge in [-0.3, -0.25) is 0 Å². The third-order valence-electron chi connectivity index (χ3n) is 10.3. The second-order valence-corrected chi connectivity index (χ2v) is 14.7. The molecule has 4 nitrogen and oxygen atoms in total. The predicted molar refractivity (Wildman–Crippen MR) is 225 cm³/mol. The maximum absolute atomic E-state index is 6.43. The zero-order valence-corrected chi connectivity index (χ0v) is 29.8. The summed E-state index contributed by atoms with van der Waals surface area (Å²) in [5.41, 5.74) is 12.0. The maximum Gasteiger partial charge on any atom is 0.227 e. The Balaban J connectivity index is 0.964. The SMILES string of the molecule is c1ccc(-c2ccc(N(c3ccc(-c4ccc5c(c4)oc4cc6nc(-c7ccccc7)oc6cc45)cc3)c3ccc4sc5ccccc5c4c3)cc2)cc1. The lowest BCUT2D eigenvalue weighted by molar-refractivity contribution is 0.620. The highest BCUT2D eigenvalue weighted by atomic mass is 32.1. The second kappa shape index (κ2) is 12.3. The minimum absolute atomic E-state index is 0.608. The van der Waals surface area contributed by atoms with Crippen LogP contribution < -0.4 is 4.90 Å². The molecule has 0 atom stereocenters. The monoisotopic (exact) mass is 710 g/mol. The van der Waals surface area contributed by atoms with Crippen molar-refractivity contribution in [1.29, 1.82) is 0 Å². The van der Waals surface area contributed by atoms with Crippen molar-refractivity contribution in [3.05, 3.63) is 182 Å². The number of nitrogens with zero attached hydrogens (tertiary/aromatic N) is 2. The number of furan rings is 1. The van der Waals surface area contributed by atoms with E-state index in [1.165, 1.54) is 31.3 Å². The van der Waals surface area contributed by atoms with Crippen molar-refractivity contribution >= 4 is 81.6 Å². The third kappa shape index (κ3) is 5.17. The largest absolute Gasteiger partial charge is 0.456 e. The third-order valence-corrected chi connectivity index (χ3v) is 11.5. The van der Waals surface area contributed by atoms with Crippen LogP contribution in [0.15, 0.2) is 191 Å². The summed E-state index contributed by atoms with van der Waals surface area (Å²) < 4.78 is 15.2. The zero-order valence-electron chi connectivity index (χ0n) is 28.9. The number of thiophene rings is 1. The quantitative estimate of drug-likeness (QED) is 0.172. The molecule has 0 fully saturated rings. The first-order chi connectivity index (χ1) is 26.7. The molecule has 0 unspecified atom stereocenters. The number of aromatic nitrogens is 1.